The Labute approximate surface area is 127 Å². The molecule has 6 nitrogen and oxygen atoms in total. The number of para-hydroxylation sites is 1. The maximum Gasteiger partial charge on any atom is 0.171 e. The van der Waals surface area contributed by atoms with Crippen LogP contribution in [0.5, 0.6) is 0 Å². The number of anilines is 2. The van der Waals surface area contributed by atoms with Crippen molar-refractivity contribution < 1.29 is 4.74 Å². The van der Waals surface area contributed by atoms with Gasteiger partial charge in [0.1, 0.15) is 17.5 Å². The van der Waals surface area contributed by atoms with Gasteiger partial charge in [-0.25, -0.2) is 4.68 Å². The van der Waals surface area contributed by atoms with Crippen molar-refractivity contribution in [2.45, 2.75) is 0 Å². The maximum atomic E-state index is 9.39. The minimum Gasteiger partial charge on any atom is -0.382 e. The van der Waals surface area contributed by atoms with Gasteiger partial charge in [-0.3, -0.25) is 0 Å². The number of benzene rings is 1. The van der Waals surface area contributed by atoms with Crippen molar-refractivity contribution in [1.82, 2.24) is 9.78 Å². The second kappa shape index (κ2) is 5.64. The first kappa shape index (κ1) is 13.7. The highest BCUT2D eigenvalue weighted by molar-refractivity contribution is 6.32. The lowest BCUT2D eigenvalue weighted by atomic mass is 10.3. The fourth-order valence-electron chi connectivity index (χ4n) is 2.33. The summed E-state index contributed by atoms with van der Waals surface area (Å²) in [6.07, 6.45) is 0. The fourth-order valence-corrected chi connectivity index (χ4v) is 2.55. The molecule has 2 N–H and O–H groups in total. The van der Waals surface area contributed by atoms with Crippen molar-refractivity contribution in [3.63, 3.8) is 0 Å². The third-order valence-corrected chi connectivity index (χ3v) is 3.73. The van der Waals surface area contributed by atoms with Gasteiger partial charge in [-0.2, -0.15) is 5.26 Å². The number of aromatic nitrogens is 2. The first-order valence-corrected chi connectivity index (χ1v) is 6.96. The molecule has 0 radical (unpaired) electrons. The van der Waals surface area contributed by atoms with Crippen LogP contribution in [-0.4, -0.2) is 36.1 Å². The standard InChI is InChI=1S/C14H14ClN5O/c15-11-3-1-2-4-12(11)20-13(17)10(9-16)14(18-20)19-5-7-21-8-6-19/h1-4H,5-8,17H2. The van der Waals surface area contributed by atoms with Gasteiger partial charge in [-0.15, -0.1) is 5.10 Å². The molecule has 1 saturated heterocycles. The normalized spacial score (nSPS) is 15.0. The quantitative estimate of drug-likeness (QED) is 0.915. The zero-order chi connectivity index (χ0) is 14.8. The zero-order valence-electron chi connectivity index (χ0n) is 11.3. The van der Waals surface area contributed by atoms with Crippen LogP contribution >= 0.6 is 11.6 Å². The van der Waals surface area contributed by atoms with E-state index < -0.39 is 0 Å². The van der Waals surface area contributed by atoms with Gasteiger partial charge >= 0.3 is 0 Å². The Morgan fingerprint density at radius 2 is 2.00 bits per heavy atom. The van der Waals surface area contributed by atoms with Gasteiger partial charge in [-0.1, -0.05) is 23.7 Å². The molecule has 1 aromatic carbocycles. The lowest BCUT2D eigenvalue weighted by Gasteiger charge is -2.26. The van der Waals surface area contributed by atoms with Crippen molar-refractivity contribution in [3.8, 4) is 11.8 Å². The molecule has 3 rings (SSSR count). The van der Waals surface area contributed by atoms with E-state index in [1.807, 2.05) is 23.1 Å². The third-order valence-electron chi connectivity index (χ3n) is 3.41. The average molecular weight is 304 g/mol. The highest BCUT2D eigenvalue weighted by Gasteiger charge is 2.23. The number of morpholine rings is 1. The molecular weight excluding hydrogens is 290 g/mol. The topological polar surface area (TPSA) is 80.1 Å². The van der Waals surface area contributed by atoms with Crippen LogP contribution in [0.2, 0.25) is 5.02 Å². The number of nitrogens with zero attached hydrogens (tertiary/aromatic N) is 4. The van der Waals surface area contributed by atoms with Crippen molar-refractivity contribution in [2.24, 2.45) is 0 Å². The van der Waals surface area contributed by atoms with Gasteiger partial charge in [0.2, 0.25) is 0 Å². The Morgan fingerprint density at radius 3 is 2.67 bits per heavy atom. The first-order chi connectivity index (χ1) is 10.2. The molecule has 1 aromatic heterocycles. The van der Waals surface area contributed by atoms with Gasteiger partial charge in [0.25, 0.3) is 0 Å². The summed E-state index contributed by atoms with van der Waals surface area (Å²) >= 11 is 6.19. The zero-order valence-corrected chi connectivity index (χ0v) is 12.0. The van der Waals surface area contributed by atoms with E-state index in [-0.39, 0.29) is 0 Å². The minimum absolute atomic E-state index is 0.298. The van der Waals surface area contributed by atoms with Crippen LogP contribution in [0, 0.1) is 11.3 Å². The number of hydrogen-bond donors (Lipinski definition) is 1. The predicted molar refractivity (Wildman–Crippen MR) is 80.7 cm³/mol. The lowest BCUT2D eigenvalue weighted by molar-refractivity contribution is 0.122. The van der Waals surface area contributed by atoms with Gasteiger partial charge in [-0.05, 0) is 12.1 Å². The summed E-state index contributed by atoms with van der Waals surface area (Å²) in [7, 11) is 0. The molecule has 0 saturated carbocycles. The summed E-state index contributed by atoms with van der Waals surface area (Å²) in [6.45, 7) is 2.61. The molecule has 0 atom stereocenters. The largest absolute Gasteiger partial charge is 0.382 e. The van der Waals surface area contributed by atoms with E-state index >= 15 is 0 Å². The molecule has 1 aliphatic heterocycles. The van der Waals surface area contributed by atoms with Crippen molar-refractivity contribution in [1.29, 1.82) is 5.26 Å². The lowest BCUT2D eigenvalue weighted by Crippen LogP contribution is -2.37. The summed E-state index contributed by atoms with van der Waals surface area (Å²) in [4.78, 5) is 2.01. The summed E-state index contributed by atoms with van der Waals surface area (Å²) in [5, 5.41) is 14.4. The Balaban J connectivity index is 2.09. The minimum atomic E-state index is 0.298. The molecule has 2 aromatic rings. The van der Waals surface area contributed by atoms with E-state index in [4.69, 9.17) is 22.1 Å². The molecule has 0 spiro atoms. The maximum absolute atomic E-state index is 9.39. The van der Waals surface area contributed by atoms with Crippen LogP contribution in [0.1, 0.15) is 5.56 Å². The van der Waals surface area contributed by atoms with Gasteiger partial charge in [0, 0.05) is 13.1 Å². The van der Waals surface area contributed by atoms with Gasteiger partial charge in [0.05, 0.1) is 23.9 Å². The van der Waals surface area contributed by atoms with Crippen molar-refractivity contribution >= 4 is 23.2 Å². The number of hydrogen-bond acceptors (Lipinski definition) is 5. The van der Waals surface area contributed by atoms with Crippen molar-refractivity contribution in [2.75, 3.05) is 36.9 Å². The van der Waals surface area contributed by atoms with E-state index in [1.165, 1.54) is 4.68 Å². The Bertz CT molecular complexity index is 700. The van der Waals surface area contributed by atoms with Crippen LogP contribution in [0.25, 0.3) is 5.69 Å². The van der Waals surface area contributed by atoms with Crippen molar-refractivity contribution in [3.05, 3.63) is 34.9 Å². The molecule has 0 aliphatic carbocycles. The van der Waals surface area contributed by atoms with E-state index in [9.17, 15) is 5.26 Å². The summed E-state index contributed by atoms with van der Waals surface area (Å²) in [5.41, 5.74) is 7.12. The highest BCUT2D eigenvalue weighted by Crippen LogP contribution is 2.30. The molecule has 1 fully saturated rings. The van der Waals surface area contributed by atoms with Crippen LogP contribution in [0.3, 0.4) is 0 Å². The molecule has 2 heterocycles. The second-order valence-corrected chi connectivity index (χ2v) is 5.07. The predicted octanol–water partition coefficient (Wildman–Crippen LogP) is 1.82. The number of nitrogen functional groups attached to an aromatic ring is 1. The molecular formula is C14H14ClN5O. The van der Waals surface area contributed by atoms with E-state index in [2.05, 4.69) is 11.2 Å². The number of halogens is 1. The Morgan fingerprint density at radius 1 is 1.29 bits per heavy atom. The number of nitriles is 1. The van der Waals surface area contributed by atoms with Crippen LogP contribution in [0.4, 0.5) is 11.6 Å². The summed E-state index contributed by atoms with van der Waals surface area (Å²) < 4.78 is 6.84. The Kier molecular flexibility index (Phi) is 3.69. The Hall–Kier alpha value is -2.23. The first-order valence-electron chi connectivity index (χ1n) is 6.58. The smallest absolute Gasteiger partial charge is 0.171 e. The monoisotopic (exact) mass is 303 g/mol. The molecule has 0 unspecified atom stereocenters. The van der Waals surface area contributed by atoms with Gasteiger partial charge in [0.15, 0.2) is 5.82 Å². The van der Waals surface area contributed by atoms with Crippen LogP contribution in [0.15, 0.2) is 24.3 Å². The average Bonchev–Trinajstić information content (AvgIpc) is 2.85. The SMILES string of the molecule is N#Cc1c(N2CCOCC2)nn(-c2ccccc2Cl)c1N. The molecule has 0 amide bonds. The molecule has 108 valence electrons. The van der Waals surface area contributed by atoms with E-state index in [0.717, 1.165) is 0 Å². The van der Waals surface area contributed by atoms with Crippen LogP contribution < -0.4 is 10.6 Å². The summed E-state index contributed by atoms with van der Waals surface area (Å²) in [6, 6.07) is 9.40. The molecule has 1 aliphatic rings. The van der Waals surface area contributed by atoms with E-state index in [1.54, 1.807) is 6.07 Å². The molecule has 0 bridgehead atoms. The van der Waals surface area contributed by atoms with E-state index in [0.29, 0.717) is 54.2 Å². The van der Waals surface area contributed by atoms with Crippen LogP contribution in [-0.2, 0) is 4.74 Å². The fraction of sp³-hybridized carbons (Fsp3) is 0.286. The molecule has 7 heteroatoms. The number of rotatable bonds is 2. The number of nitrogens with two attached hydrogens (primary N) is 1. The second-order valence-electron chi connectivity index (χ2n) is 4.66. The number of ether oxygens (including phenoxy) is 1. The van der Waals surface area contributed by atoms with Gasteiger partial charge < -0.3 is 15.4 Å². The third kappa shape index (κ3) is 2.42. The summed E-state index contributed by atoms with van der Waals surface area (Å²) in [5.74, 6) is 0.880. The molecule has 21 heavy (non-hydrogen) atoms. The highest BCUT2D eigenvalue weighted by atomic mass is 35.5.